The van der Waals surface area contributed by atoms with Gasteiger partial charge in [-0.3, -0.25) is 4.98 Å². The van der Waals surface area contributed by atoms with Gasteiger partial charge in [-0.1, -0.05) is 11.6 Å². The Labute approximate surface area is 92.2 Å². The molecule has 0 radical (unpaired) electrons. The molecule has 1 nitrogen and oxygen atoms in total. The topological polar surface area (TPSA) is 12.9 Å². The number of aromatic nitrogens is 1. The van der Waals surface area contributed by atoms with Crippen LogP contribution in [-0.4, -0.2) is 4.98 Å². The summed E-state index contributed by atoms with van der Waals surface area (Å²) in [5.41, 5.74) is 0.165. The fraction of sp³-hybridized carbons (Fsp3) is 0.286. The highest BCUT2D eigenvalue weighted by Crippen LogP contribution is 2.34. The SMILES string of the molecule is FC(F)c1cnc(CCl)c(Br)c1Cl. The highest BCUT2D eigenvalue weighted by Gasteiger charge is 2.16. The molecular formula is C7H4BrCl2F2N. The molecule has 1 heterocycles. The average molecular weight is 291 g/mol. The third-order valence-electron chi connectivity index (χ3n) is 1.42. The maximum absolute atomic E-state index is 12.3. The zero-order valence-electron chi connectivity index (χ0n) is 6.20. The fourth-order valence-corrected chi connectivity index (χ4v) is 1.84. The van der Waals surface area contributed by atoms with Crippen molar-refractivity contribution in [3.63, 3.8) is 0 Å². The molecule has 0 aliphatic heterocycles. The van der Waals surface area contributed by atoms with Crippen molar-refractivity contribution in [1.29, 1.82) is 0 Å². The Morgan fingerprint density at radius 2 is 2.15 bits per heavy atom. The van der Waals surface area contributed by atoms with Gasteiger partial charge in [-0.2, -0.15) is 0 Å². The van der Waals surface area contributed by atoms with Gasteiger partial charge in [0, 0.05) is 6.20 Å². The van der Waals surface area contributed by atoms with Crippen molar-refractivity contribution in [2.24, 2.45) is 0 Å². The lowest BCUT2D eigenvalue weighted by Crippen LogP contribution is -1.94. The van der Waals surface area contributed by atoms with Crippen LogP contribution in [-0.2, 0) is 5.88 Å². The molecule has 0 saturated carbocycles. The zero-order valence-corrected chi connectivity index (χ0v) is 9.30. The maximum Gasteiger partial charge on any atom is 0.266 e. The summed E-state index contributed by atoms with van der Waals surface area (Å²) in [6.45, 7) is 0. The molecule has 0 atom stereocenters. The Balaban J connectivity index is 3.23. The van der Waals surface area contributed by atoms with Crippen molar-refractivity contribution in [3.05, 3.63) is 26.9 Å². The Morgan fingerprint density at radius 3 is 2.62 bits per heavy atom. The van der Waals surface area contributed by atoms with Crippen molar-refractivity contribution < 1.29 is 8.78 Å². The molecule has 72 valence electrons. The van der Waals surface area contributed by atoms with Crippen LogP contribution in [0.25, 0.3) is 0 Å². The summed E-state index contributed by atoms with van der Waals surface area (Å²) in [4.78, 5) is 3.74. The van der Waals surface area contributed by atoms with E-state index in [1.165, 1.54) is 0 Å². The van der Waals surface area contributed by atoms with E-state index in [1.54, 1.807) is 0 Å². The molecule has 0 fully saturated rings. The van der Waals surface area contributed by atoms with Crippen molar-refractivity contribution in [2.45, 2.75) is 12.3 Å². The van der Waals surface area contributed by atoms with Crippen LogP contribution in [0.5, 0.6) is 0 Å². The lowest BCUT2D eigenvalue weighted by atomic mass is 10.2. The molecule has 0 spiro atoms. The molecule has 0 aliphatic carbocycles. The van der Waals surface area contributed by atoms with Gasteiger partial charge in [-0.25, -0.2) is 8.78 Å². The number of hydrogen-bond donors (Lipinski definition) is 0. The van der Waals surface area contributed by atoms with Gasteiger partial charge in [0.05, 0.1) is 26.6 Å². The second-order valence-corrected chi connectivity index (χ2v) is 3.66. The molecule has 0 aromatic carbocycles. The van der Waals surface area contributed by atoms with Crippen LogP contribution in [0.1, 0.15) is 17.7 Å². The van der Waals surface area contributed by atoms with Gasteiger partial charge in [0.15, 0.2) is 0 Å². The molecule has 0 bridgehead atoms. The van der Waals surface area contributed by atoms with E-state index in [2.05, 4.69) is 20.9 Å². The van der Waals surface area contributed by atoms with E-state index in [0.717, 1.165) is 6.20 Å². The van der Waals surface area contributed by atoms with Gasteiger partial charge in [-0.15, -0.1) is 11.6 Å². The Morgan fingerprint density at radius 1 is 1.54 bits per heavy atom. The third-order valence-corrected chi connectivity index (χ3v) is 3.16. The molecule has 0 aliphatic rings. The summed E-state index contributed by atoms with van der Waals surface area (Å²) in [5, 5.41) is -0.0272. The number of hydrogen-bond acceptors (Lipinski definition) is 1. The highest BCUT2D eigenvalue weighted by molar-refractivity contribution is 9.10. The molecule has 0 saturated heterocycles. The summed E-state index contributed by atoms with van der Waals surface area (Å²) in [5.74, 6) is 0.129. The van der Waals surface area contributed by atoms with Crippen LogP contribution in [0.4, 0.5) is 8.78 Å². The Kier molecular flexibility index (Phi) is 3.88. The van der Waals surface area contributed by atoms with Gasteiger partial charge in [0.2, 0.25) is 0 Å². The van der Waals surface area contributed by atoms with E-state index in [4.69, 9.17) is 23.2 Å². The number of rotatable bonds is 2. The predicted molar refractivity (Wildman–Crippen MR) is 51.5 cm³/mol. The molecular weight excluding hydrogens is 287 g/mol. The molecule has 0 unspecified atom stereocenters. The van der Waals surface area contributed by atoms with E-state index in [-0.39, 0.29) is 16.5 Å². The molecule has 0 amide bonds. The van der Waals surface area contributed by atoms with E-state index < -0.39 is 6.43 Å². The van der Waals surface area contributed by atoms with Gasteiger partial charge < -0.3 is 0 Å². The van der Waals surface area contributed by atoms with Crippen LogP contribution in [0.2, 0.25) is 5.02 Å². The van der Waals surface area contributed by atoms with Gasteiger partial charge in [0.1, 0.15) is 0 Å². The Bertz CT molecular complexity index is 320. The Hall–Kier alpha value is 0.0700. The molecule has 1 rings (SSSR count). The molecule has 1 aromatic rings. The summed E-state index contributed by atoms with van der Waals surface area (Å²) in [6.07, 6.45) is -1.59. The quantitative estimate of drug-likeness (QED) is 0.745. The normalized spacial score (nSPS) is 10.9. The summed E-state index contributed by atoms with van der Waals surface area (Å²) in [6, 6.07) is 0. The minimum atomic E-state index is -2.62. The van der Waals surface area contributed by atoms with Crippen LogP contribution in [0, 0.1) is 0 Å². The number of pyridine rings is 1. The second kappa shape index (κ2) is 4.53. The van der Waals surface area contributed by atoms with Crippen LogP contribution < -0.4 is 0 Å². The predicted octanol–water partition coefficient (Wildman–Crippen LogP) is 4.17. The molecule has 1 aromatic heterocycles. The summed E-state index contributed by atoms with van der Waals surface area (Å²) >= 11 is 14.2. The number of halogens is 5. The average Bonchev–Trinajstić information content (AvgIpc) is 2.09. The maximum atomic E-state index is 12.3. The number of nitrogens with zero attached hydrogens (tertiary/aromatic N) is 1. The zero-order chi connectivity index (χ0) is 10.0. The van der Waals surface area contributed by atoms with Crippen molar-refractivity contribution in [2.75, 3.05) is 0 Å². The van der Waals surface area contributed by atoms with Crippen LogP contribution >= 0.6 is 39.1 Å². The standard InChI is InChI=1S/C7H4BrCl2F2N/c8-5-4(1-9)13-2-3(6(5)10)7(11)12/h2,7H,1H2. The lowest BCUT2D eigenvalue weighted by molar-refractivity contribution is 0.151. The van der Waals surface area contributed by atoms with Gasteiger partial charge >= 0.3 is 0 Å². The second-order valence-electron chi connectivity index (χ2n) is 2.22. The lowest BCUT2D eigenvalue weighted by Gasteiger charge is -2.06. The van der Waals surface area contributed by atoms with Gasteiger partial charge in [0.25, 0.3) is 6.43 Å². The highest BCUT2D eigenvalue weighted by atomic mass is 79.9. The smallest absolute Gasteiger partial charge is 0.258 e. The minimum Gasteiger partial charge on any atom is -0.258 e. The summed E-state index contributed by atoms with van der Waals surface area (Å²) in [7, 11) is 0. The summed E-state index contributed by atoms with van der Waals surface area (Å²) < 4.78 is 24.9. The van der Waals surface area contributed by atoms with E-state index in [0.29, 0.717) is 10.2 Å². The van der Waals surface area contributed by atoms with E-state index in [9.17, 15) is 8.78 Å². The third kappa shape index (κ3) is 2.30. The minimum absolute atomic E-state index is 0.0272. The first-order valence-corrected chi connectivity index (χ1v) is 4.95. The first kappa shape index (κ1) is 11.1. The van der Waals surface area contributed by atoms with Crippen LogP contribution in [0.15, 0.2) is 10.7 Å². The van der Waals surface area contributed by atoms with Crippen molar-refractivity contribution in [3.8, 4) is 0 Å². The van der Waals surface area contributed by atoms with Crippen molar-refractivity contribution in [1.82, 2.24) is 4.98 Å². The fourth-order valence-electron chi connectivity index (χ4n) is 0.760. The largest absolute Gasteiger partial charge is 0.266 e. The molecule has 13 heavy (non-hydrogen) atoms. The molecule has 0 N–H and O–H groups in total. The van der Waals surface area contributed by atoms with Crippen LogP contribution in [0.3, 0.4) is 0 Å². The first-order chi connectivity index (χ1) is 6.07. The van der Waals surface area contributed by atoms with Gasteiger partial charge in [-0.05, 0) is 15.9 Å². The van der Waals surface area contributed by atoms with E-state index in [1.807, 2.05) is 0 Å². The monoisotopic (exact) mass is 289 g/mol. The van der Waals surface area contributed by atoms with E-state index >= 15 is 0 Å². The molecule has 6 heteroatoms. The van der Waals surface area contributed by atoms with Crippen molar-refractivity contribution >= 4 is 39.1 Å². The number of alkyl halides is 3. The first-order valence-electron chi connectivity index (χ1n) is 3.24.